The molecule has 114 valence electrons. The van der Waals surface area contributed by atoms with Crippen molar-refractivity contribution in [1.82, 2.24) is 9.88 Å². The van der Waals surface area contributed by atoms with Gasteiger partial charge in [0.05, 0.1) is 0 Å². The van der Waals surface area contributed by atoms with Crippen molar-refractivity contribution < 1.29 is 0 Å². The molecular formula is C19H28N2. The fourth-order valence-electron chi connectivity index (χ4n) is 2.46. The number of nitrogens with zero attached hydrogens (tertiary/aromatic N) is 1. The summed E-state index contributed by atoms with van der Waals surface area (Å²) in [6.07, 6.45) is 3.34. The first-order chi connectivity index (χ1) is 10.0. The van der Waals surface area contributed by atoms with Gasteiger partial charge in [0.1, 0.15) is 0 Å². The number of aromatic nitrogens is 1. The smallest absolute Gasteiger partial charge is 0.0473 e. The Morgan fingerprint density at radius 2 is 1.76 bits per heavy atom. The molecule has 0 radical (unpaired) electrons. The van der Waals surface area contributed by atoms with Gasteiger partial charge in [-0.3, -0.25) is 0 Å². The van der Waals surface area contributed by atoms with Crippen molar-refractivity contribution in [3.05, 3.63) is 59.4 Å². The van der Waals surface area contributed by atoms with E-state index in [0.29, 0.717) is 0 Å². The van der Waals surface area contributed by atoms with Crippen molar-refractivity contribution >= 4 is 0 Å². The number of hydrogen-bond donors (Lipinski definition) is 1. The second kappa shape index (κ2) is 6.95. The van der Waals surface area contributed by atoms with Crippen LogP contribution in [0.2, 0.25) is 0 Å². The molecule has 0 spiro atoms. The third-order valence-corrected chi connectivity index (χ3v) is 3.83. The SMILES string of the molecule is CCCNCc1cccn1Cc1ccc(C(C)(C)C)cc1. The maximum atomic E-state index is 3.47. The molecule has 2 heteroatoms. The summed E-state index contributed by atoms with van der Waals surface area (Å²) in [6.45, 7) is 11.9. The molecule has 21 heavy (non-hydrogen) atoms. The van der Waals surface area contributed by atoms with E-state index in [1.807, 2.05) is 0 Å². The maximum absolute atomic E-state index is 3.47. The molecule has 1 N–H and O–H groups in total. The third kappa shape index (κ3) is 4.47. The lowest BCUT2D eigenvalue weighted by atomic mass is 9.87. The zero-order valence-electron chi connectivity index (χ0n) is 13.8. The highest BCUT2D eigenvalue weighted by molar-refractivity contribution is 5.28. The van der Waals surface area contributed by atoms with E-state index >= 15 is 0 Å². The number of benzene rings is 1. The molecular weight excluding hydrogens is 256 g/mol. The minimum atomic E-state index is 0.223. The Kier molecular flexibility index (Phi) is 5.24. The molecule has 0 amide bonds. The maximum Gasteiger partial charge on any atom is 0.0473 e. The zero-order valence-corrected chi connectivity index (χ0v) is 13.8. The first-order valence-corrected chi connectivity index (χ1v) is 7.95. The summed E-state index contributed by atoms with van der Waals surface area (Å²) in [6, 6.07) is 13.4. The summed E-state index contributed by atoms with van der Waals surface area (Å²) >= 11 is 0. The highest BCUT2D eigenvalue weighted by Gasteiger charge is 2.12. The predicted molar refractivity (Wildman–Crippen MR) is 90.7 cm³/mol. The van der Waals surface area contributed by atoms with E-state index in [0.717, 1.165) is 19.6 Å². The van der Waals surface area contributed by atoms with Crippen LogP contribution in [0.3, 0.4) is 0 Å². The predicted octanol–water partition coefficient (Wildman–Crippen LogP) is 4.33. The first kappa shape index (κ1) is 15.8. The van der Waals surface area contributed by atoms with Crippen LogP contribution in [-0.4, -0.2) is 11.1 Å². The van der Waals surface area contributed by atoms with E-state index in [2.05, 4.69) is 80.2 Å². The highest BCUT2D eigenvalue weighted by atomic mass is 15.0. The van der Waals surface area contributed by atoms with Crippen LogP contribution in [0.5, 0.6) is 0 Å². The van der Waals surface area contributed by atoms with Gasteiger partial charge in [0.15, 0.2) is 0 Å². The largest absolute Gasteiger partial charge is 0.346 e. The standard InChI is InChI=1S/C19H28N2/c1-5-12-20-14-18-7-6-13-21(18)15-16-8-10-17(11-9-16)19(2,3)4/h6-11,13,20H,5,12,14-15H2,1-4H3. The van der Waals surface area contributed by atoms with Gasteiger partial charge in [-0.05, 0) is 41.6 Å². The molecule has 2 nitrogen and oxygen atoms in total. The molecule has 0 atom stereocenters. The molecule has 0 aliphatic heterocycles. The monoisotopic (exact) mass is 284 g/mol. The molecule has 0 saturated heterocycles. The molecule has 0 bridgehead atoms. The summed E-state index contributed by atoms with van der Waals surface area (Å²) < 4.78 is 2.33. The minimum absolute atomic E-state index is 0.223. The lowest BCUT2D eigenvalue weighted by Crippen LogP contribution is -2.17. The molecule has 1 aromatic carbocycles. The highest BCUT2D eigenvalue weighted by Crippen LogP contribution is 2.22. The van der Waals surface area contributed by atoms with Crippen LogP contribution in [0.4, 0.5) is 0 Å². The van der Waals surface area contributed by atoms with E-state index in [4.69, 9.17) is 0 Å². The third-order valence-electron chi connectivity index (χ3n) is 3.83. The van der Waals surface area contributed by atoms with Crippen molar-refractivity contribution in [3.8, 4) is 0 Å². The Morgan fingerprint density at radius 1 is 1.05 bits per heavy atom. The van der Waals surface area contributed by atoms with Gasteiger partial charge in [0.2, 0.25) is 0 Å². The van der Waals surface area contributed by atoms with Gasteiger partial charge in [-0.25, -0.2) is 0 Å². The Bertz CT molecular complexity index is 544. The number of rotatable bonds is 6. The van der Waals surface area contributed by atoms with E-state index in [-0.39, 0.29) is 5.41 Å². The fourth-order valence-corrected chi connectivity index (χ4v) is 2.46. The molecule has 0 unspecified atom stereocenters. The quantitative estimate of drug-likeness (QED) is 0.781. The number of hydrogen-bond acceptors (Lipinski definition) is 1. The van der Waals surface area contributed by atoms with Gasteiger partial charge in [-0.1, -0.05) is 52.0 Å². The molecule has 1 aromatic heterocycles. The van der Waals surface area contributed by atoms with E-state index in [1.165, 1.54) is 23.2 Å². The first-order valence-electron chi connectivity index (χ1n) is 7.95. The van der Waals surface area contributed by atoms with Gasteiger partial charge < -0.3 is 9.88 Å². The summed E-state index contributed by atoms with van der Waals surface area (Å²) in [5.41, 5.74) is 4.32. The van der Waals surface area contributed by atoms with Crippen molar-refractivity contribution in [3.63, 3.8) is 0 Å². The van der Waals surface area contributed by atoms with Crippen molar-refractivity contribution in [1.29, 1.82) is 0 Å². The molecule has 0 aliphatic carbocycles. The van der Waals surface area contributed by atoms with Crippen molar-refractivity contribution in [2.75, 3.05) is 6.54 Å². The summed E-state index contributed by atoms with van der Waals surface area (Å²) in [5.74, 6) is 0. The molecule has 1 heterocycles. The number of nitrogens with one attached hydrogen (secondary N) is 1. The van der Waals surface area contributed by atoms with Crippen LogP contribution in [-0.2, 0) is 18.5 Å². The van der Waals surface area contributed by atoms with Crippen molar-refractivity contribution in [2.24, 2.45) is 0 Å². The molecule has 0 saturated carbocycles. The summed E-state index contributed by atoms with van der Waals surface area (Å²) in [5, 5.41) is 3.47. The summed E-state index contributed by atoms with van der Waals surface area (Å²) in [4.78, 5) is 0. The average Bonchev–Trinajstić information content (AvgIpc) is 2.86. The van der Waals surface area contributed by atoms with Crippen LogP contribution < -0.4 is 5.32 Å². The fraction of sp³-hybridized carbons (Fsp3) is 0.474. The van der Waals surface area contributed by atoms with Crippen LogP contribution in [0.15, 0.2) is 42.6 Å². The zero-order chi connectivity index (χ0) is 15.3. The van der Waals surface area contributed by atoms with E-state index in [9.17, 15) is 0 Å². The van der Waals surface area contributed by atoms with Crippen LogP contribution in [0, 0.1) is 0 Å². The van der Waals surface area contributed by atoms with E-state index < -0.39 is 0 Å². The Balaban J connectivity index is 2.03. The van der Waals surface area contributed by atoms with E-state index in [1.54, 1.807) is 0 Å². The normalized spacial score (nSPS) is 11.8. The van der Waals surface area contributed by atoms with Gasteiger partial charge in [-0.2, -0.15) is 0 Å². The molecule has 2 aromatic rings. The van der Waals surface area contributed by atoms with Gasteiger partial charge in [0.25, 0.3) is 0 Å². The van der Waals surface area contributed by atoms with Crippen LogP contribution >= 0.6 is 0 Å². The van der Waals surface area contributed by atoms with Gasteiger partial charge >= 0.3 is 0 Å². The minimum Gasteiger partial charge on any atom is -0.346 e. The average molecular weight is 284 g/mol. The topological polar surface area (TPSA) is 17.0 Å². The Morgan fingerprint density at radius 3 is 2.38 bits per heavy atom. The Labute approximate surface area is 129 Å². The second-order valence-electron chi connectivity index (χ2n) is 6.75. The van der Waals surface area contributed by atoms with Gasteiger partial charge in [-0.15, -0.1) is 0 Å². The molecule has 0 aliphatic rings. The van der Waals surface area contributed by atoms with Crippen LogP contribution in [0.1, 0.15) is 50.9 Å². The summed E-state index contributed by atoms with van der Waals surface area (Å²) in [7, 11) is 0. The lowest BCUT2D eigenvalue weighted by molar-refractivity contribution is 0.589. The van der Waals surface area contributed by atoms with Crippen molar-refractivity contribution in [2.45, 2.75) is 52.6 Å². The molecule has 2 rings (SSSR count). The second-order valence-corrected chi connectivity index (χ2v) is 6.75. The lowest BCUT2D eigenvalue weighted by Gasteiger charge is -2.19. The Hall–Kier alpha value is -1.54. The van der Waals surface area contributed by atoms with Gasteiger partial charge in [0, 0.05) is 25.0 Å². The molecule has 0 fully saturated rings. The van der Waals surface area contributed by atoms with Crippen LogP contribution in [0.25, 0.3) is 0 Å².